The number of anilines is 1. The first-order chi connectivity index (χ1) is 16.3. The van der Waals surface area contributed by atoms with Crippen LogP contribution in [0.1, 0.15) is 23.9 Å². The first-order valence-corrected chi connectivity index (χ1v) is 12.3. The van der Waals surface area contributed by atoms with E-state index in [1.165, 1.54) is 31.5 Å². The van der Waals surface area contributed by atoms with E-state index in [-0.39, 0.29) is 29.6 Å². The van der Waals surface area contributed by atoms with E-state index in [0.717, 1.165) is 16.9 Å². The van der Waals surface area contributed by atoms with Crippen molar-refractivity contribution >= 4 is 21.6 Å². The molecule has 0 saturated carbocycles. The minimum atomic E-state index is -3.87. The summed E-state index contributed by atoms with van der Waals surface area (Å²) < 4.78 is 41.0. The molecule has 180 valence electrons. The van der Waals surface area contributed by atoms with Crippen molar-refractivity contribution in [3.05, 3.63) is 65.5 Å². The Hall–Kier alpha value is -3.37. The fraction of sp³-hybridized carbons (Fsp3) is 0.333. The molecule has 1 aliphatic heterocycles. The quantitative estimate of drug-likeness (QED) is 0.512. The zero-order chi connectivity index (χ0) is 24.5. The minimum absolute atomic E-state index is 0.0536. The molecule has 9 nitrogen and oxygen atoms in total. The third-order valence-corrected chi connectivity index (χ3v) is 7.90. The number of aryl methyl sites for hydroxylation is 1. The van der Waals surface area contributed by atoms with E-state index in [1.54, 1.807) is 21.7 Å². The summed E-state index contributed by atoms with van der Waals surface area (Å²) in [5.74, 6) is 0.566. The summed E-state index contributed by atoms with van der Waals surface area (Å²) in [4.78, 5) is 14.1. The Labute approximate surface area is 199 Å². The number of methoxy groups -OCH3 is 2. The SMILES string of the molecule is COc1ccc(OC)c(S(=O)(=O)N2CCc3c(c(CN(C(C)=O)c4ccccc4)nn3C)C2)c1. The van der Waals surface area contributed by atoms with Crippen molar-refractivity contribution in [1.29, 1.82) is 0 Å². The molecule has 3 aromatic rings. The van der Waals surface area contributed by atoms with E-state index in [9.17, 15) is 13.2 Å². The number of amides is 1. The summed E-state index contributed by atoms with van der Waals surface area (Å²) in [6.45, 7) is 2.22. The number of hydrogen-bond acceptors (Lipinski definition) is 6. The molecule has 0 saturated heterocycles. The van der Waals surface area contributed by atoms with Crippen LogP contribution in [-0.4, -0.2) is 49.2 Å². The Morgan fingerprint density at radius 3 is 2.50 bits per heavy atom. The van der Waals surface area contributed by atoms with Gasteiger partial charge in [0.25, 0.3) is 0 Å². The van der Waals surface area contributed by atoms with Crippen molar-refractivity contribution in [2.45, 2.75) is 31.3 Å². The molecule has 2 heterocycles. The Kier molecular flexibility index (Phi) is 6.63. The number of para-hydroxylation sites is 1. The van der Waals surface area contributed by atoms with Crippen LogP contribution >= 0.6 is 0 Å². The standard InChI is InChI=1S/C24H28N4O5S/c1-17(29)28(18-8-6-5-7-9-18)16-21-20-15-27(13-12-22(20)26(2)25-21)34(30,31)24-14-19(32-3)10-11-23(24)33-4/h5-11,14H,12-13,15-16H2,1-4H3. The fourth-order valence-corrected chi connectivity index (χ4v) is 5.82. The second-order valence-corrected chi connectivity index (χ2v) is 9.95. The van der Waals surface area contributed by atoms with Crippen LogP contribution in [0.2, 0.25) is 0 Å². The van der Waals surface area contributed by atoms with Gasteiger partial charge in [0.1, 0.15) is 16.4 Å². The van der Waals surface area contributed by atoms with Crippen LogP contribution in [0.15, 0.2) is 53.4 Å². The maximum absolute atomic E-state index is 13.6. The van der Waals surface area contributed by atoms with Crippen molar-refractivity contribution in [1.82, 2.24) is 14.1 Å². The second-order valence-electron chi connectivity index (χ2n) is 8.04. The van der Waals surface area contributed by atoms with Gasteiger partial charge in [0.15, 0.2) is 0 Å². The van der Waals surface area contributed by atoms with Gasteiger partial charge in [-0.3, -0.25) is 9.48 Å². The number of hydrogen-bond donors (Lipinski definition) is 0. The van der Waals surface area contributed by atoms with E-state index >= 15 is 0 Å². The topological polar surface area (TPSA) is 94.0 Å². The predicted molar refractivity (Wildman–Crippen MR) is 127 cm³/mol. The maximum Gasteiger partial charge on any atom is 0.247 e. The number of sulfonamides is 1. The Morgan fingerprint density at radius 1 is 1.12 bits per heavy atom. The number of aromatic nitrogens is 2. The summed E-state index contributed by atoms with van der Waals surface area (Å²) in [5.41, 5.74) is 3.22. The molecule has 1 aromatic heterocycles. The van der Waals surface area contributed by atoms with Crippen molar-refractivity contribution < 1.29 is 22.7 Å². The zero-order valence-electron chi connectivity index (χ0n) is 19.7. The highest BCUT2D eigenvalue weighted by Crippen LogP contribution is 2.34. The molecule has 0 aliphatic carbocycles. The number of benzene rings is 2. The van der Waals surface area contributed by atoms with Gasteiger partial charge in [-0.2, -0.15) is 9.40 Å². The molecule has 4 rings (SSSR count). The van der Waals surface area contributed by atoms with Gasteiger partial charge in [0.2, 0.25) is 15.9 Å². The van der Waals surface area contributed by atoms with E-state index in [1.807, 2.05) is 37.4 Å². The third-order valence-electron chi connectivity index (χ3n) is 6.03. The van der Waals surface area contributed by atoms with Crippen LogP contribution in [0.5, 0.6) is 11.5 Å². The average molecular weight is 485 g/mol. The zero-order valence-corrected chi connectivity index (χ0v) is 20.5. The minimum Gasteiger partial charge on any atom is -0.497 e. The van der Waals surface area contributed by atoms with Gasteiger partial charge in [-0.15, -0.1) is 0 Å². The molecule has 0 N–H and O–H groups in total. The lowest BCUT2D eigenvalue weighted by Gasteiger charge is -2.28. The van der Waals surface area contributed by atoms with E-state index in [4.69, 9.17) is 9.47 Å². The summed E-state index contributed by atoms with van der Waals surface area (Å²) in [6.07, 6.45) is 0.510. The summed E-state index contributed by atoms with van der Waals surface area (Å²) in [5, 5.41) is 4.65. The lowest BCUT2D eigenvalue weighted by molar-refractivity contribution is -0.116. The van der Waals surface area contributed by atoms with Gasteiger partial charge in [-0.05, 0) is 24.3 Å². The van der Waals surface area contributed by atoms with Crippen LogP contribution in [0.4, 0.5) is 5.69 Å². The van der Waals surface area contributed by atoms with Crippen molar-refractivity contribution in [2.75, 3.05) is 25.7 Å². The fourth-order valence-electron chi connectivity index (χ4n) is 4.24. The third kappa shape index (κ3) is 4.38. The first-order valence-electron chi connectivity index (χ1n) is 10.8. The number of nitrogens with zero attached hydrogens (tertiary/aromatic N) is 4. The highest BCUT2D eigenvalue weighted by molar-refractivity contribution is 7.89. The number of carbonyl (C=O) groups is 1. The van der Waals surface area contributed by atoms with Gasteiger partial charge >= 0.3 is 0 Å². The molecular formula is C24H28N4O5S. The molecule has 0 bridgehead atoms. The molecule has 1 aliphatic rings. The van der Waals surface area contributed by atoms with Crippen LogP contribution in [0.3, 0.4) is 0 Å². The van der Waals surface area contributed by atoms with Crippen LogP contribution in [0.25, 0.3) is 0 Å². The number of fused-ring (bicyclic) bond motifs is 1. The lowest BCUT2D eigenvalue weighted by Crippen LogP contribution is -2.37. The van der Waals surface area contributed by atoms with Gasteiger partial charge in [-0.1, -0.05) is 18.2 Å². The molecule has 0 radical (unpaired) electrons. The van der Waals surface area contributed by atoms with E-state index in [0.29, 0.717) is 24.4 Å². The molecule has 0 fully saturated rings. The lowest BCUT2D eigenvalue weighted by atomic mass is 10.1. The number of ether oxygens (including phenoxy) is 2. The highest BCUT2D eigenvalue weighted by atomic mass is 32.2. The molecular weight excluding hydrogens is 456 g/mol. The molecule has 0 spiro atoms. The Morgan fingerprint density at radius 2 is 1.85 bits per heavy atom. The van der Waals surface area contributed by atoms with Gasteiger partial charge in [0, 0.05) is 56.5 Å². The molecule has 0 unspecified atom stereocenters. The van der Waals surface area contributed by atoms with Crippen molar-refractivity contribution in [3.8, 4) is 11.5 Å². The van der Waals surface area contributed by atoms with Crippen LogP contribution in [-0.2, 0) is 41.4 Å². The van der Waals surface area contributed by atoms with Crippen LogP contribution < -0.4 is 14.4 Å². The normalized spacial score (nSPS) is 13.9. The smallest absolute Gasteiger partial charge is 0.247 e. The summed E-state index contributed by atoms with van der Waals surface area (Å²) >= 11 is 0. The van der Waals surface area contributed by atoms with E-state index in [2.05, 4.69) is 5.10 Å². The van der Waals surface area contributed by atoms with Crippen LogP contribution in [0, 0.1) is 0 Å². The van der Waals surface area contributed by atoms with Crippen molar-refractivity contribution in [2.24, 2.45) is 7.05 Å². The molecule has 10 heteroatoms. The van der Waals surface area contributed by atoms with E-state index < -0.39 is 10.0 Å². The number of rotatable bonds is 7. The summed E-state index contributed by atoms with van der Waals surface area (Å²) in [7, 11) is 0.897. The monoisotopic (exact) mass is 484 g/mol. The second kappa shape index (κ2) is 9.47. The molecule has 1 amide bonds. The highest BCUT2D eigenvalue weighted by Gasteiger charge is 2.34. The predicted octanol–water partition coefficient (Wildman–Crippen LogP) is 2.74. The molecule has 2 aromatic carbocycles. The average Bonchev–Trinajstić information content (AvgIpc) is 3.17. The number of carbonyl (C=O) groups excluding carboxylic acids is 1. The largest absolute Gasteiger partial charge is 0.497 e. The van der Waals surface area contributed by atoms with Gasteiger partial charge in [-0.25, -0.2) is 8.42 Å². The molecule has 34 heavy (non-hydrogen) atoms. The van der Waals surface area contributed by atoms with Gasteiger partial charge < -0.3 is 14.4 Å². The maximum atomic E-state index is 13.6. The first kappa shape index (κ1) is 23.8. The Balaban J connectivity index is 1.69. The molecule has 0 atom stereocenters. The Bertz CT molecular complexity index is 1300. The van der Waals surface area contributed by atoms with Gasteiger partial charge in [0.05, 0.1) is 26.5 Å². The summed E-state index contributed by atoms with van der Waals surface area (Å²) in [6, 6.07) is 14.1. The van der Waals surface area contributed by atoms with Crippen molar-refractivity contribution in [3.63, 3.8) is 0 Å².